The van der Waals surface area contributed by atoms with E-state index in [1.165, 1.54) is 0 Å². The summed E-state index contributed by atoms with van der Waals surface area (Å²) in [5.74, 6) is -0.750. The predicted molar refractivity (Wildman–Crippen MR) is 105 cm³/mol. The molecule has 128 valence electrons. The van der Waals surface area contributed by atoms with Crippen molar-refractivity contribution in [2.75, 3.05) is 11.9 Å². The standard InChI is InChI=1S/C20H24BrNO2/c1-3-11-18(14-10-15-21)22-16-19(20(23)24-4-2)17-12-8-6-5-7-9-13-17/h3,5-8,10-11,13-14,16,19H,1,4,9,12,15H2,2H3/b7-5-,8-6-,14-10-,17-13+,18-11+,22-16+. The predicted octanol–water partition coefficient (Wildman–Crippen LogP) is 5.09. The van der Waals surface area contributed by atoms with Gasteiger partial charge in [0, 0.05) is 11.5 Å². The van der Waals surface area contributed by atoms with Crippen molar-refractivity contribution in [2.45, 2.75) is 19.8 Å². The summed E-state index contributed by atoms with van der Waals surface area (Å²) in [6, 6.07) is 0. The van der Waals surface area contributed by atoms with E-state index in [4.69, 9.17) is 4.74 Å². The molecule has 0 saturated carbocycles. The molecule has 1 aliphatic carbocycles. The Morgan fingerprint density at radius 2 is 2.25 bits per heavy atom. The summed E-state index contributed by atoms with van der Waals surface area (Å²) in [5, 5.41) is 0.737. The van der Waals surface area contributed by atoms with E-state index in [1.54, 1.807) is 18.4 Å². The zero-order valence-electron chi connectivity index (χ0n) is 14.0. The molecule has 0 aliphatic heterocycles. The molecule has 0 fully saturated rings. The van der Waals surface area contributed by atoms with Crippen molar-refractivity contribution >= 4 is 28.1 Å². The van der Waals surface area contributed by atoms with Crippen LogP contribution in [-0.2, 0) is 9.53 Å². The maximum atomic E-state index is 12.4. The lowest BCUT2D eigenvalue weighted by molar-refractivity contribution is -0.144. The van der Waals surface area contributed by atoms with E-state index in [-0.39, 0.29) is 5.97 Å². The number of aliphatic imine (C=N–C) groups is 1. The quantitative estimate of drug-likeness (QED) is 0.190. The van der Waals surface area contributed by atoms with Crippen LogP contribution < -0.4 is 0 Å². The molecule has 1 atom stereocenters. The molecule has 0 spiro atoms. The van der Waals surface area contributed by atoms with E-state index >= 15 is 0 Å². The Bertz CT molecular complexity index is 595. The van der Waals surface area contributed by atoms with E-state index in [0.717, 1.165) is 23.0 Å². The number of ether oxygens (including phenoxy) is 1. The van der Waals surface area contributed by atoms with Gasteiger partial charge < -0.3 is 4.74 Å². The van der Waals surface area contributed by atoms with Crippen LogP contribution in [0.2, 0.25) is 0 Å². The zero-order chi connectivity index (χ0) is 17.6. The number of hydrogen-bond acceptors (Lipinski definition) is 3. The summed E-state index contributed by atoms with van der Waals surface area (Å²) < 4.78 is 5.22. The molecule has 0 heterocycles. The number of esters is 1. The number of hydrogen-bond donors (Lipinski definition) is 0. The molecule has 0 aromatic heterocycles. The molecule has 0 N–H and O–H groups in total. The molecule has 4 heteroatoms. The van der Waals surface area contributed by atoms with Crippen molar-refractivity contribution in [3.05, 3.63) is 72.5 Å². The van der Waals surface area contributed by atoms with E-state index < -0.39 is 5.92 Å². The smallest absolute Gasteiger partial charge is 0.318 e. The fourth-order valence-corrected chi connectivity index (χ4v) is 2.31. The Morgan fingerprint density at radius 1 is 1.46 bits per heavy atom. The van der Waals surface area contributed by atoms with Gasteiger partial charge in [0.25, 0.3) is 0 Å². The van der Waals surface area contributed by atoms with Gasteiger partial charge in [0.1, 0.15) is 5.92 Å². The van der Waals surface area contributed by atoms with Gasteiger partial charge in [0.2, 0.25) is 0 Å². The molecule has 1 rings (SSSR count). The van der Waals surface area contributed by atoms with Gasteiger partial charge in [0.05, 0.1) is 12.3 Å². The van der Waals surface area contributed by atoms with Crippen molar-refractivity contribution < 1.29 is 9.53 Å². The molecule has 0 amide bonds. The molecule has 1 unspecified atom stereocenters. The van der Waals surface area contributed by atoms with Gasteiger partial charge in [-0.25, -0.2) is 0 Å². The summed E-state index contributed by atoms with van der Waals surface area (Å²) >= 11 is 3.34. The fourth-order valence-electron chi connectivity index (χ4n) is 2.12. The molecule has 1 aliphatic rings. The highest BCUT2D eigenvalue weighted by atomic mass is 79.9. The van der Waals surface area contributed by atoms with Crippen LogP contribution in [0.15, 0.2) is 77.5 Å². The number of carbonyl (C=O) groups is 1. The third-order valence-corrected chi connectivity index (χ3v) is 3.61. The van der Waals surface area contributed by atoms with E-state index in [1.807, 2.05) is 37.3 Å². The average molecular weight is 390 g/mol. The minimum atomic E-state index is -0.480. The highest BCUT2D eigenvalue weighted by Gasteiger charge is 2.21. The van der Waals surface area contributed by atoms with Gasteiger partial charge in [-0.05, 0) is 31.9 Å². The molecule has 0 bridgehead atoms. The Morgan fingerprint density at radius 3 is 2.96 bits per heavy atom. The second-order valence-corrected chi connectivity index (χ2v) is 5.61. The Hall–Kier alpha value is -1.94. The number of allylic oxidation sites excluding steroid dienone is 9. The highest BCUT2D eigenvalue weighted by Crippen LogP contribution is 2.19. The molecule has 24 heavy (non-hydrogen) atoms. The minimum Gasteiger partial charge on any atom is -0.465 e. The second-order valence-electron chi connectivity index (χ2n) is 4.97. The van der Waals surface area contributed by atoms with Gasteiger partial charge in [-0.15, -0.1) is 0 Å². The van der Waals surface area contributed by atoms with E-state index in [9.17, 15) is 4.79 Å². The molecule has 3 nitrogen and oxygen atoms in total. The zero-order valence-corrected chi connectivity index (χ0v) is 15.6. The van der Waals surface area contributed by atoms with Crippen LogP contribution in [0.3, 0.4) is 0 Å². The maximum Gasteiger partial charge on any atom is 0.318 e. The Balaban J connectivity index is 3.06. The second kappa shape index (κ2) is 12.5. The van der Waals surface area contributed by atoms with Crippen LogP contribution in [0.5, 0.6) is 0 Å². The van der Waals surface area contributed by atoms with Gasteiger partial charge in [0.15, 0.2) is 0 Å². The summed E-state index contributed by atoms with van der Waals surface area (Å²) in [7, 11) is 0. The van der Waals surface area contributed by atoms with E-state index in [0.29, 0.717) is 13.0 Å². The number of rotatable bonds is 8. The highest BCUT2D eigenvalue weighted by molar-refractivity contribution is 9.09. The summed E-state index contributed by atoms with van der Waals surface area (Å²) in [6.45, 7) is 5.86. The largest absolute Gasteiger partial charge is 0.465 e. The number of halogens is 1. The van der Waals surface area contributed by atoms with Crippen LogP contribution in [0.1, 0.15) is 19.8 Å². The number of nitrogens with zero attached hydrogens (tertiary/aromatic N) is 1. The lowest BCUT2D eigenvalue weighted by Crippen LogP contribution is -2.21. The first-order valence-electron chi connectivity index (χ1n) is 7.99. The van der Waals surface area contributed by atoms with Crippen molar-refractivity contribution in [1.29, 1.82) is 0 Å². The monoisotopic (exact) mass is 389 g/mol. The number of alkyl halides is 1. The van der Waals surface area contributed by atoms with Gasteiger partial charge in [-0.2, -0.15) is 0 Å². The lowest BCUT2D eigenvalue weighted by atomic mass is 9.95. The first-order chi connectivity index (χ1) is 11.7. The van der Waals surface area contributed by atoms with Crippen molar-refractivity contribution in [1.82, 2.24) is 0 Å². The summed E-state index contributed by atoms with van der Waals surface area (Å²) in [6.07, 6.45) is 20.6. The third kappa shape index (κ3) is 7.55. The first kappa shape index (κ1) is 20.1. The maximum absolute atomic E-state index is 12.4. The summed E-state index contributed by atoms with van der Waals surface area (Å²) in [5.41, 5.74) is 1.74. The lowest BCUT2D eigenvalue weighted by Gasteiger charge is -2.15. The molecule has 0 aromatic carbocycles. The van der Waals surface area contributed by atoms with Crippen LogP contribution >= 0.6 is 15.9 Å². The van der Waals surface area contributed by atoms with Crippen LogP contribution in [0.25, 0.3) is 0 Å². The Labute approximate surface area is 153 Å². The first-order valence-corrected chi connectivity index (χ1v) is 9.11. The normalized spacial score (nSPS) is 21.6. The fraction of sp³-hybridized carbons (Fsp3) is 0.300. The van der Waals surface area contributed by atoms with Gasteiger partial charge >= 0.3 is 5.97 Å². The average Bonchev–Trinajstić information content (AvgIpc) is 2.54. The van der Waals surface area contributed by atoms with Crippen molar-refractivity contribution in [2.24, 2.45) is 10.9 Å². The van der Waals surface area contributed by atoms with Gasteiger partial charge in [-0.3, -0.25) is 9.79 Å². The third-order valence-electron chi connectivity index (χ3n) is 3.23. The molecular weight excluding hydrogens is 366 g/mol. The number of carbonyl (C=O) groups excluding carboxylic acids is 1. The van der Waals surface area contributed by atoms with E-state index in [2.05, 4.69) is 39.7 Å². The molecule has 0 aromatic rings. The summed E-state index contributed by atoms with van der Waals surface area (Å²) in [4.78, 5) is 16.8. The molecule has 0 radical (unpaired) electrons. The minimum absolute atomic E-state index is 0.270. The van der Waals surface area contributed by atoms with Gasteiger partial charge in [-0.1, -0.05) is 70.6 Å². The van der Waals surface area contributed by atoms with Crippen molar-refractivity contribution in [3.63, 3.8) is 0 Å². The molecule has 0 saturated heterocycles. The Kier molecular flexibility index (Phi) is 10.5. The topological polar surface area (TPSA) is 38.7 Å². The van der Waals surface area contributed by atoms with Crippen molar-refractivity contribution in [3.8, 4) is 0 Å². The van der Waals surface area contributed by atoms with Crippen LogP contribution in [0.4, 0.5) is 0 Å². The molecular formula is C20H24BrNO2. The van der Waals surface area contributed by atoms with Crippen LogP contribution in [0, 0.1) is 5.92 Å². The SMILES string of the molecule is C=C/C=C(\C=C/CBr)/N=C/C(C(=O)OCC)/C1=C/C/C=C\C=C/C1. The van der Waals surface area contributed by atoms with Crippen LogP contribution in [-0.4, -0.2) is 24.1 Å².